The summed E-state index contributed by atoms with van der Waals surface area (Å²) in [6.07, 6.45) is 9.90. The maximum Gasteiger partial charge on any atom is 0.414 e. The van der Waals surface area contributed by atoms with E-state index in [1.165, 1.54) is 44.0 Å². The maximum absolute atomic E-state index is 14.8. The van der Waals surface area contributed by atoms with Crippen LogP contribution in [0, 0.1) is 17.7 Å². The summed E-state index contributed by atoms with van der Waals surface area (Å²) in [7, 11) is 0. The van der Waals surface area contributed by atoms with Gasteiger partial charge in [0.25, 0.3) is 0 Å². The first-order valence-electron chi connectivity index (χ1n) is 13.7. The summed E-state index contributed by atoms with van der Waals surface area (Å²) in [5.41, 5.74) is 1.75. The van der Waals surface area contributed by atoms with Crippen molar-refractivity contribution in [3.8, 4) is 0 Å². The van der Waals surface area contributed by atoms with Gasteiger partial charge in [0.1, 0.15) is 12.4 Å². The highest BCUT2D eigenvalue weighted by atomic mass is 19.1. The molecule has 1 saturated carbocycles. The molecule has 188 valence electrons. The fourth-order valence-corrected chi connectivity index (χ4v) is 6.70. The number of carbonyl (C=O) groups excluding carboxylic acids is 1. The molecule has 4 aliphatic rings. The third-order valence-electron chi connectivity index (χ3n) is 8.76. The number of piperidine rings is 3. The number of hydrogen-bond donors (Lipinski definition) is 0. The van der Waals surface area contributed by atoms with Crippen LogP contribution in [0.15, 0.2) is 54.6 Å². The molecule has 0 unspecified atom stereocenters. The number of quaternary nitrogens is 1. The van der Waals surface area contributed by atoms with Gasteiger partial charge in [0, 0.05) is 31.7 Å². The Labute approximate surface area is 209 Å². The average molecular weight is 480 g/mol. The minimum absolute atomic E-state index is 0.0673. The van der Waals surface area contributed by atoms with Crippen LogP contribution in [-0.4, -0.2) is 49.4 Å². The lowest BCUT2D eigenvalue weighted by Gasteiger charge is -2.52. The van der Waals surface area contributed by atoms with Crippen LogP contribution in [0.25, 0.3) is 0 Å². The Morgan fingerprint density at radius 1 is 0.943 bits per heavy atom. The summed E-state index contributed by atoms with van der Waals surface area (Å²) in [5.74, 6) is 0.502. The molecule has 5 heteroatoms. The van der Waals surface area contributed by atoms with Gasteiger partial charge >= 0.3 is 6.09 Å². The molecular formula is C30H40FN2O2+. The Kier molecular flexibility index (Phi) is 7.72. The second kappa shape index (κ2) is 11.1. The molecule has 3 aliphatic heterocycles. The highest BCUT2D eigenvalue weighted by Crippen LogP contribution is 2.37. The summed E-state index contributed by atoms with van der Waals surface area (Å²) < 4.78 is 22.1. The van der Waals surface area contributed by atoms with Crippen molar-refractivity contribution in [2.75, 3.05) is 37.6 Å². The molecule has 1 atom stereocenters. The monoisotopic (exact) mass is 479 g/mol. The molecular weight excluding hydrogens is 439 g/mol. The molecule has 3 saturated heterocycles. The van der Waals surface area contributed by atoms with E-state index < -0.39 is 0 Å². The van der Waals surface area contributed by atoms with Gasteiger partial charge in [-0.25, -0.2) is 9.18 Å². The first kappa shape index (κ1) is 24.3. The molecule has 2 aromatic rings. The van der Waals surface area contributed by atoms with Crippen LogP contribution in [0.1, 0.15) is 56.9 Å². The van der Waals surface area contributed by atoms with Crippen LogP contribution in [0.5, 0.6) is 0 Å². The number of anilines is 1. The lowest BCUT2D eigenvalue weighted by Crippen LogP contribution is -2.65. The summed E-state index contributed by atoms with van der Waals surface area (Å²) >= 11 is 0. The second-order valence-electron chi connectivity index (χ2n) is 11.1. The molecule has 0 spiro atoms. The molecule has 2 aromatic carbocycles. The molecule has 1 aliphatic carbocycles. The summed E-state index contributed by atoms with van der Waals surface area (Å²) in [6, 6.07) is 17.3. The van der Waals surface area contributed by atoms with Gasteiger partial charge in [0.15, 0.2) is 6.10 Å². The Hall–Kier alpha value is -2.40. The largest absolute Gasteiger partial charge is 0.440 e. The molecule has 3 heterocycles. The minimum Gasteiger partial charge on any atom is -0.440 e. The molecule has 0 radical (unpaired) electrons. The second-order valence-corrected chi connectivity index (χ2v) is 11.1. The molecule has 1 amide bonds. The van der Waals surface area contributed by atoms with Gasteiger partial charge in [-0.15, -0.1) is 0 Å². The smallest absolute Gasteiger partial charge is 0.414 e. The normalized spacial score (nSPS) is 26.4. The van der Waals surface area contributed by atoms with Gasteiger partial charge in [-0.3, -0.25) is 4.90 Å². The number of benzene rings is 2. The standard InChI is InChI=1S/C30H40FN2O2/c31-27-15-7-8-16-28(27)32(22-25-12-5-2-6-13-25)30(34)35-29-23-33(20-17-26(29)18-21-33)19-9-14-24-10-3-1-4-11-24/h1,3-4,7-8,10-11,15-16,25-26,29H,2,5-6,9,12-14,17-23H2/q+1/t26?,29-,33?/m0/s1. The minimum atomic E-state index is -0.359. The zero-order valence-electron chi connectivity index (χ0n) is 20.9. The fraction of sp³-hybridized carbons (Fsp3) is 0.567. The van der Waals surface area contributed by atoms with Crippen molar-refractivity contribution in [3.63, 3.8) is 0 Å². The number of fused-ring (bicyclic) bond motifs is 3. The summed E-state index contributed by atoms with van der Waals surface area (Å²) in [6.45, 7) is 4.96. The van der Waals surface area contributed by atoms with Gasteiger partial charge in [-0.2, -0.15) is 0 Å². The predicted molar refractivity (Wildman–Crippen MR) is 138 cm³/mol. The van der Waals surface area contributed by atoms with Crippen molar-refractivity contribution in [2.24, 2.45) is 11.8 Å². The van der Waals surface area contributed by atoms with E-state index in [-0.39, 0.29) is 18.0 Å². The number of carbonyl (C=O) groups is 1. The van der Waals surface area contributed by atoms with E-state index in [4.69, 9.17) is 4.74 Å². The highest BCUT2D eigenvalue weighted by molar-refractivity contribution is 5.88. The highest BCUT2D eigenvalue weighted by Gasteiger charge is 2.47. The van der Waals surface area contributed by atoms with Gasteiger partial charge < -0.3 is 9.22 Å². The number of ether oxygens (including phenoxy) is 1. The molecule has 2 bridgehead atoms. The van der Waals surface area contributed by atoms with E-state index in [0.717, 1.165) is 56.1 Å². The Morgan fingerprint density at radius 3 is 2.40 bits per heavy atom. The van der Waals surface area contributed by atoms with Gasteiger partial charge in [-0.05, 0) is 42.9 Å². The quantitative estimate of drug-likeness (QED) is 0.400. The van der Waals surface area contributed by atoms with E-state index >= 15 is 0 Å². The first-order chi connectivity index (χ1) is 17.1. The van der Waals surface area contributed by atoms with Crippen molar-refractivity contribution >= 4 is 11.8 Å². The van der Waals surface area contributed by atoms with Crippen molar-refractivity contribution in [2.45, 2.75) is 63.9 Å². The van der Waals surface area contributed by atoms with Crippen LogP contribution in [0.3, 0.4) is 0 Å². The van der Waals surface area contributed by atoms with Crippen molar-refractivity contribution in [3.05, 3.63) is 66.0 Å². The van der Waals surface area contributed by atoms with Crippen molar-refractivity contribution in [1.29, 1.82) is 0 Å². The van der Waals surface area contributed by atoms with Crippen LogP contribution in [-0.2, 0) is 11.2 Å². The summed E-state index contributed by atoms with van der Waals surface area (Å²) in [5, 5.41) is 0. The van der Waals surface area contributed by atoms with Crippen molar-refractivity contribution < 1.29 is 18.4 Å². The van der Waals surface area contributed by atoms with E-state index in [1.54, 1.807) is 23.1 Å². The molecule has 6 rings (SSSR count). The van der Waals surface area contributed by atoms with E-state index in [9.17, 15) is 9.18 Å². The topological polar surface area (TPSA) is 29.5 Å². The average Bonchev–Trinajstić information content (AvgIpc) is 2.89. The van der Waals surface area contributed by atoms with Crippen LogP contribution in [0.4, 0.5) is 14.9 Å². The number of halogens is 1. The zero-order valence-corrected chi connectivity index (χ0v) is 20.9. The Balaban J connectivity index is 1.24. The van der Waals surface area contributed by atoms with Crippen molar-refractivity contribution in [1.82, 2.24) is 0 Å². The van der Waals surface area contributed by atoms with Crippen LogP contribution < -0.4 is 4.90 Å². The number of rotatable bonds is 8. The summed E-state index contributed by atoms with van der Waals surface area (Å²) in [4.78, 5) is 15.1. The van der Waals surface area contributed by atoms with E-state index in [1.807, 2.05) is 0 Å². The number of para-hydroxylation sites is 1. The molecule has 0 aromatic heterocycles. The number of hydrogen-bond acceptors (Lipinski definition) is 2. The third kappa shape index (κ3) is 5.88. The third-order valence-corrected chi connectivity index (χ3v) is 8.76. The Morgan fingerprint density at radius 2 is 1.66 bits per heavy atom. The van der Waals surface area contributed by atoms with Crippen LogP contribution in [0.2, 0.25) is 0 Å². The number of aryl methyl sites for hydroxylation is 1. The lowest BCUT2D eigenvalue weighted by molar-refractivity contribution is -0.946. The lowest BCUT2D eigenvalue weighted by atomic mass is 9.83. The predicted octanol–water partition coefficient (Wildman–Crippen LogP) is 6.59. The fourth-order valence-electron chi connectivity index (χ4n) is 6.70. The van der Waals surface area contributed by atoms with Gasteiger partial charge in [-0.1, -0.05) is 61.7 Å². The SMILES string of the molecule is O=C(O[C@H]1C[N+]2(CCCc3ccccc3)CCC1CC2)N(CC1CCCCC1)c1ccccc1F. The first-order valence-corrected chi connectivity index (χ1v) is 13.7. The van der Waals surface area contributed by atoms with E-state index in [2.05, 4.69) is 30.3 Å². The van der Waals surface area contributed by atoms with Gasteiger partial charge in [0.2, 0.25) is 0 Å². The van der Waals surface area contributed by atoms with Crippen LogP contribution >= 0.6 is 0 Å². The van der Waals surface area contributed by atoms with Gasteiger partial charge in [0.05, 0.1) is 25.3 Å². The van der Waals surface area contributed by atoms with E-state index in [0.29, 0.717) is 24.1 Å². The molecule has 35 heavy (non-hydrogen) atoms. The zero-order chi connectivity index (χ0) is 24.1. The maximum atomic E-state index is 14.8. The molecule has 0 N–H and O–H groups in total. The molecule has 4 fully saturated rings. The number of amides is 1. The Bertz CT molecular complexity index is 967. The number of nitrogens with zero attached hydrogens (tertiary/aromatic N) is 2. The molecule has 4 nitrogen and oxygen atoms in total.